The Morgan fingerprint density at radius 2 is 2.27 bits per heavy atom. The molecule has 0 bridgehead atoms. The Balaban J connectivity index is 1.96. The SMILES string of the molecule is c1ccc2oc([C@H]3CCC[NH2+]C3)nc2c1. The Kier molecular flexibility index (Phi) is 2.18. The van der Waals surface area contributed by atoms with Crippen LogP contribution in [0.15, 0.2) is 28.7 Å². The molecule has 0 amide bonds. The summed E-state index contributed by atoms with van der Waals surface area (Å²) in [7, 11) is 0. The van der Waals surface area contributed by atoms with Crippen LogP contribution in [0, 0.1) is 0 Å². The van der Waals surface area contributed by atoms with Gasteiger partial charge in [-0.3, -0.25) is 0 Å². The summed E-state index contributed by atoms with van der Waals surface area (Å²) in [6.45, 7) is 2.36. The van der Waals surface area contributed by atoms with Gasteiger partial charge in [0.2, 0.25) is 5.89 Å². The smallest absolute Gasteiger partial charge is 0.204 e. The molecule has 0 radical (unpaired) electrons. The molecule has 1 saturated heterocycles. The van der Waals surface area contributed by atoms with E-state index in [0.717, 1.165) is 23.5 Å². The summed E-state index contributed by atoms with van der Waals surface area (Å²) in [4.78, 5) is 4.55. The molecule has 1 fully saturated rings. The Hall–Kier alpha value is -1.35. The second-order valence-electron chi connectivity index (χ2n) is 4.17. The van der Waals surface area contributed by atoms with E-state index in [1.54, 1.807) is 0 Å². The van der Waals surface area contributed by atoms with E-state index in [4.69, 9.17) is 4.42 Å². The van der Waals surface area contributed by atoms with Gasteiger partial charge in [0.05, 0.1) is 19.0 Å². The molecule has 0 saturated carbocycles. The van der Waals surface area contributed by atoms with E-state index in [-0.39, 0.29) is 0 Å². The van der Waals surface area contributed by atoms with Crippen LogP contribution in [0.1, 0.15) is 24.7 Å². The van der Waals surface area contributed by atoms with E-state index in [0.29, 0.717) is 5.92 Å². The molecule has 0 unspecified atom stereocenters. The van der Waals surface area contributed by atoms with Gasteiger partial charge in [0.15, 0.2) is 5.58 Å². The minimum atomic E-state index is 0.506. The normalized spacial score (nSPS) is 22.0. The monoisotopic (exact) mass is 203 g/mol. The van der Waals surface area contributed by atoms with E-state index in [2.05, 4.69) is 10.3 Å². The number of rotatable bonds is 1. The van der Waals surface area contributed by atoms with Gasteiger partial charge in [-0.05, 0) is 25.0 Å². The molecule has 0 aliphatic carbocycles. The third-order valence-corrected chi connectivity index (χ3v) is 3.07. The molecule has 1 aliphatic heterocycles. The van der Waals surface area contributed by atoms with Crippen LogP contribution in [0.25, 0.3) is 11.1 Å². The number of nitrogens with zero attached hydrogens (tertiary/aromatic N) is 1. The van der Waals surface area contributed by atoms with E-state index in [1.807, 2.05) is 24.3 Å². The number of benzene rings is 1. The molecule has 1 aliphatic rings. The van der Waals surface area contributed by atoms with Crippen LogP contribution in [-0.2, 0) is 0 Å². The summed E-state index contributed by atoms with van der Waals surface area (Å²) in [5.41, 5.74) is 1.90. The van der Waals surface area contributed by atoms with Gasteiger partial charge in [0, 0.05) is 0 Å². The molecule has 78 valence electrons. The molecule has 3 heteroatoms. The molecule has 3 nitrogen and oxygen atoms in total. The number of hydrogen-bond acceptors (Lipinski definition) is 2. The van der Waals surface area contributed by atoms with E-state index < -0.39 is 0 Å². The third-order valence-electron chi connectivity index (χ3n) is 3.07. The molecule has 1 atom stereocenters. The number of fused-ring (bicyclic) bond motifs is 1. The van der Waals surface area contributed by atoms with Crippen molar-refractivity contribution in [2.45, 2.75) is 18.8 Å². The lowest BCUT2D eigenvalue weighted by atomic mass is 10.00. The maximum Gasteiger partial charge on any atom is 0.204 e. The number of para-hydroxylation sites is 2. The highest BCUT2D eigenvalue weighted by Crippen LogP contribution is 2.24. The zero-order chi connectivity index (χ0) is 10.1. The quantitative estimate of drug-likeness (QED) is 0.758. The summed E-state index contributed by atoms with van der Waals surface area (Å²) < 4.78 is 5.78. The van der Waals surface area contributed by atoms with Crippen molar-refractivity contribution in [3.05, 3.63) is 30.2 Å². The summed E-state index contributed by atoms with van der Waals surface area (Å²) >= 11 is 0. The van der Waals surface area contributed by atoms with Gasteiger partial charge < -0.3 is 9.73 Å². The molecular formula is C12H15N2O+. The lowest BCUT2D eigenvalue weighted by molar-refractivity contribution is -0.665. The van der Waals surface area contributed by atoms with Gasteiger partial charge in [0.1, 0.15) is 5.52 Å². The molecule has 1 aromatic heterocycles. The van der Waals surface area contributed by atoms with Crippen LogP contribution < -0.4 is 5.32 Å². The minimum absolute atomic E-state index is 0.506. The molecule has 2 aromatic rings. The Morgan fingerprint density at radius 1 is 1.33 bits per heavy atom. The van der Waals surface area contributed by atoms with Crippen LogP contribution in [0.4, 0.5) is 0 Å². The summed E-state index contributed by atoms with van der Waals surface area (Å²) in [5, 5.41) is 2.35. The number of nitrogens with two attached hydrogens (primary N) is 1. The molecule has 1 aromatic carbocycles. The van der Waals surface area contributed by atoms with Crippen molar-refractivity contribution in [2.75, 3.05) is 13.1 Å². The van der Waals surface area contributed by atoms with Crippen LogP contribution >= 0.6 is 0 Å². The van der Waals surface area contributed by atoms with Crippen LogP contribution in [0.2, 0.25) is 0 Å². The Bertz CT molecular complexity index is 424. The molecular weight excluding hydrogens is 188 g/mol. The van der Waals surface area contributed by atoms with Crippen LogP contribution in [-0.4, -0.2) is 18.1 Å². The highest BCUT2D eigenvalue weighted by Gasteiger charge is 2.22. The second kappa shape index (κ2) is 3.66. The first-order valence-corrected chi connectivity index (χ1v) is 5.60. The van der Waals surface area contributed by atoms with Gasteiger partial charge in [-0.25, -0.2) is 4.98 Å². The van der Waals surface area contributed by atoms with Crippen LogP contribution in [0.5, 0.6) is 0 Å². The van der Waals surface area contributed by atoms with Crippen LogP contribution in [0.3, 0.4) is 0 Å². The van der Waals surface area contributed by atoms with Crippen molar-refractivity contribution in [1.82, 2.24) is 4.98 Å². The standard InChI is InChI=1S/C12H14N2O/c1-2-6-11-10(5-1)14-12(15-11)9-4-3-7-13-8-9/h1-2,5-6,9,13H,3-4,7-8H2/p+1/t9-/m0/s1. The largest absolute Gasteiger partial charge is 0.440 e. The summed E-state index contributed by atoms with van der Waals surface area (Å²) in [6.07, 6.45) is 2.48. The topological polar surface area (TPSA) is 42.6 Å². The average molecular weight is 203 g/mol. The zero-order valence-corrected chi connectivity index (χ0v) is 8.65. The molecule has 2 heterocycles. The fourth-order valence-corrected chi connectivity index (χ4v) is 2.23. The Labute approximate surface area is 88.5 Å². The molecule has 3 rings (SSSR count). The predicted molar refractivity (Wildman–Crippen MR) is 57.6 cm³/mol. The number of oxazole rings is 1. The minimum Gasteiger partial charge on any atom is -0.440 e. The predicted octanol–water partition coefficient (Wildman–Crippen LogP) is 1.27. The summed E-state index contributed by atoms with van der Waals surface area (Å²) in [5.74, 6) is 1.43. The number of aromatic nitrogens is 1. The fraction of sp³-hybridized carbons (Fsp3) is 0.417. The lowest BCUT2D eigenvalue weighted by Crippen LogP contribution is -2.86. The molecule has 15 heavy (non-hydrogen) atoms. The molecule has 0 spiro atoms. The van der Waals surface area contributed by atoms with Crippen molar-refractivity contribution < 1.29 is 9.73 Å². The van der Waals surface area contributed by atoms with E-state index in [9.17, 15) is 0 Å². The fourth-order valence-electron chi connectivity index (χ4n) is 2.23. The maximum atomic E-state index is 5.78. The van der Waals surface area contributed by atoms with Crippen molar-refractivity contribution in [1.29, 1.82) is 0 Å². The van der Waals surface area contributed by atoms with Crippen molar-refractivity contribution in [3.8, 4) is 0 Å². The van der Waals surface area contributed by atoms with Gasteiger partial charge >= 0.3 is 0 Å². The average Bonchev–Trinajstić information content (AvgIpc) is 2.74. The van der Waals surface area contributed by atoms with Crippen molar-refractivity contribution in [3.63, 3.8) is 0 Å². The maximum absolute atomic E-state index is 5.78. The zero-order valence-electron chi connectivity index (χ0n) is 8.65. The third kappa shape index (κ3) is 1.63. The lowest BCUT2D eigenvalue weighted by Gasteiger charge is -2.16. The highest BCUT2D eigenvalue weighted by molar-refractivity contribution is 5.72. The number of piperidine rings is 1. The van der Waals surface area contributed by atoms with Gasteiger partial charge in [0.25, 0.3) is 0 Å². The first-order valence-electron chi connectivity index (χ1n) is 5.60. The van der Waals surface area contributed by atoms with Gasteiger partial charge in [-0.2, -0.15) is 0 Å². The highest BCUT2D eigenvalue weighted by atomic mass is 16.3. The first-order chi connectivity index (χ1) is 7.43. The van der Waals surface area contributed by atoms with E-state index in [1.165, 1.54) is 19.4 Å². The number of hydrogen-bond donors (Lipinski definition) is 1. The van der Waals surface area contributed by atoms with E-state index >= 15 is 0 Å². The van der Waals surface area contributed by atoms with Gasteiger partial charge in [-0.1, -0.05) is 12.1 Å². The van der Waals surface area contributed by atoms with Crippen molar-refractivity contribution in [2.24, 2.45) is 0 Å². The second-order valence-corrected chi connectivity index (χ2v) is 4.17. The van der Waals surface area contributed by atoms with Crippen molar-refractivity contribution >= 4 is 11.1 Å². The first kappa shape index (κ1) is 8.92. The molecule has 2 N–H and O–H groups in total. The number of quaternary nitrogens is 1. The van der Waals surface area contributed by atoms with Gasteiger partial charge in [-0.15, -0.1) is 0 Å². The Morgan fingerprint density at radius 3 is 3.07 bits per heavy atom. The summed E-state index contributed by atoms with van der Waals surface area (Å²) in [6, 6.07) is 7.99.